The fourth-order valence-electron chi connectivity index (χ4n) is 4.37. The molecule has 1 saturated carbocycles. The second-order valence-electron chi connectivity index (χ2n) is 8.32. The molecule has 8 heteroatoms. The van der Waals surface area contributed by atoms with Gasteiger partial charge in [0.15, 0.2) is 6.61 Å². The Balaban J connectivity index is 1.36. The Hall–Kier alpha value is -3.19. The smallest absolute Gasteiger partial charge is 0.338 e. The van der Waals surface area contributed by atoms with Crippen LogP contribution in [0.1, 0.15) is 36.5 Å². The number of hydrogen-bond donors (Lipinski definition) is 1. The summed E-state index contributed by atoms with van der Waals surface area (Å²) in [5.74, 6) is -1.59. The Kier molecular flexibility index (Phi) is 6.28. The standard InChI is InChI=1S/C24H23ClN2O5/c1-14-5-10-19-20(11-14)23(30)27(22(19)29)18-8-6-15(7-9-18)24(31)32-13-21(28)26-17-4-2-3-16(25)12-17/h2-4,6-9,12,14,19-20H,5,10-11,13H2,1H3,(H,26,28)/t14-,19+,20-/m1/s1. The Morgan fingerprint density at radius 1 is 1.06 bits per heavy atom. The van der Waals surface area contributed by atoms with Gasteiger partial charge in [0.1, 0.15) is 0 Å². The number of carbonyl (C=O) groups excluding carboxylic acids is 4. The maximum atomic E-state index is 12.8. The number of halogens is 1. The summed E-state index contributed by atoms with van der Waals surface area (Å²) in [6.07, 6.45) is 2.41. The van der Waals surface area contributed by atoms with Crippen molar-refractivity contribution in [3.05, 3.63) is 59.1 Å². The Labute approximate surface area is 190 Å². The Morgan fingerprint density at radius 3 is 2.50 bits per heavy atom. The average molecular weight is 455 g/mol. The topological polar surface area (TPSA) is 92.8 Å². The minimum atomic E-state index is -0.681. The first-order chi connectivity index (χ1) is 15.3. The predicted octanol–water partition coefficient (Wildman–Crippen LogP) is 4.06. The van der Waals surface area contributed by atoms with Gasteiger partial charge in [0.25, 0.3) is 5.91 Å². The lowest BCUT2D eigenvalue weighted by molar-refractivity contribution is -0.122. The average Bonchev–Trinajstić information content (AvgIpc) is 3.01. The summed E-state index contributed by atoms with van der Waals surface area (Å²) >= 11 is 5.87. The van der Waals surface area contributed by atoms with Crippen LogP contribution >= 0.6 is 11.6 Å². The summed E-state index contributed by atoms with van der Waals surface area (Å²) in [6.45, 7) is 1.64. The van der Waals surface area contributed by atoms with E-state index in [1.165, 1.54) is 17.0 Å². The zero-order valence-corrected chi connectivity index (χ0v) is 18.3. The van der Waals surface area contributed by atoms with E-state index in [2.05, 4.69) is 12.2 Å². The van der Waals surface area contributed by atoms with Crippen molar-refractivity contribution in [2.24, 2.45) is 17.8 Å². The molecular formula is C24H23ClN2O5. The van der Waals surface area contributed by atoms with E-state index >= 15 is 0 Å². The summed E-state index contributed by atoms with van der Waals surface area (Å²) < 4.78 is 5.06. The summed E-state index contributed by atoms with van der Waals surface area (Å²) in [4.78, 5) is 51.1. The Bertz CT molecular complexity index is 1070. The number of esters is 1. The number of nitrogens with zero attached hydrogens (tertiary/aromatic N) is 1. The molecule has 1 heterocycles. The summed E-state index contributed by atoms with van der Waals surface area (Å²) in [6, 6.07) is 12.7. The van der Waals surface area contributed by atoms with Crippen molar-refractivity contribution in [2.45, 2.75) is 26.2 Å². The van der Waals surface area contributed by atoms with E-state index in [1.807, 2.05) is 0 Å². The lowest BCUT2D eigenvalue weighted by Crippen LogP contribution is -2.30. The SMILES string of the molecule is C[C@@H]1CC[C@@H]2C(=O)N(c3ccc(C(=O)OCC(=O)Nc4cccc(Cl)c4)cc3)C(=O)[C@@H]2C1. The van der Waals surface area contributed by atoms with Crippen LogP contribution in [0, 0.1) is 17.8 Å². The van der Waals surface area contributed by atoms with Crippen LogP contribution in [0.25, 0.3) is 0 Å². The van der Waals surface area contributed by atoms with Crippen LogP contribution in [0.3, 0.4) is 0 Å². The van der Waals surface area contributed by atoms with Crippen molar-refractivity contribution in [3.63, 3.8) is 0 Å². The van der Waals surface area contributed by atoms with Crippen LogP contribution in [-0.4, -0.2) is 30.3 Å². The zero-order valence-electron chi connectivity index (χ0n) is 17.5. The maximum absolute atomic E-state index is 12.8. The number of nitrogens with one attached hydrogen (secondary N) is 1. The molecule has 3 atom stereocenters. The van der Waals surface area contributed by atoms with Crippen molar-refractivity contribution in [1.29, 1.82) is 0 Å². The molecule has 2 aromatic rings. The van der Waals surface area contributed by atoms with Gasteiger partial charge in [0.2, 0.25) is 11.8 Å². The molecule has 2 fully saturated rings. The highest BCUT2D eigenvalue weighted by molar-refractivity contribution is 6.30. The number of fused-ring (bicyclic) bond motifs is 1. The molecule has 1 N–H and O–H groups in total. The van der Waals surface area contributed by atoms with Gasteiger partial charge in [-0.3, -0.25) is 19.3 Å². The number of imide groups is 1. The monoisotopic (exact) mass is 454 g/mol. The van der Waals surface area contributed by atoms with Crippen molar-refractivity contribution in [3.8, 4) is 0 Å². The normalized spacial score (nSPS) is 22.4. The first-order valence-electron chi connectivity index (χ1n) is 10.5. The van der Waals surface area contributed by atoms with E-state index in [0.29, 0.717) is 22.3 Å². The molecule has 0 aromatic heterocycles. The molecular weight excluding hydrogens is 432 g/mol. The zero-order chi connectivity index (χ0) is 22.8. The fourth-order valence-corrected chi connectivity index (χ4v) is 4.56. The number of hydrogen-bond acceptors (Lipinski definition) is 5. The van der Waals surface area contributed by atoms with Crippen LogP contribution in [0.15, 0.2) is 48.5 Å². The molecule has 2 aliphatic rings. The number of benzene rings is 2. The number of anilines is 2. The number of carbonyl (C=O) groups is 4. The van der Waals surface area contributed by atoms with Crippen LogP contribution in [0.5, 0.6) is 0 Å². The molecule has 0 spiro atoms. The van der Waals surface area contributed by atoms with Gasteiger partial charge in [0.05, 0.1) is 23.1 Å². The van der Waals surface area contributed by atoms with E-state index in [4.69, 9.17) is 16.3 Å². The van der Waals surface area contributed by atoms with Crippen molar-refractivity contribution in [1.82, 2.24) is 0 Å². The van der Waals surface area contributed by atoms with Crippen LogP contribution in [0.2, 0.25) is 5.02 Å². The van der Waals surface area contributed by atoms with Crippen LogP contribution in [-0.2, 0) is 19.1 Å². The number of ether oxygens (including phenoxy) is 1. The maximum Gasteiger partial charge on any atom is 0.338 e. The largest absolute Gasteiger partial charge is 0.452 e. The van der Waals surface area contributed by atoms with Crippen LogP contribution < -0.4 is 10.2 Å². The van der Waals surface area contributed by atoms with E-state index in [1.54, 1.807) is 36.4 Å². The summed E-state index contributed by atoms with van der Waals surface area (Å²) in [7, 11) is 0. The minimum Gasteiger partial charge on any atom is -0.452 e. The lowest BCUT2D eigenvalue weighted by atomic mass is 9.76. The van der Waals surface area contributed by atoms with Gasteiger partial charge in [-0.2, -0.15) is 0 Å². The Morgan fingerprint density at radius 2 is 1.78 bits per heavy atom. The molecule has 2 aromatic carbocycles. The second kappa shape index (κ2) is 9.12. The third-order valence-corrected chi connectivity index (χ3v) is 6.23. The number of rotatable bonds is 5. The quantitative estimate of drug-likeness (QED) is 0.543. The van der Waals surface area contributed by atoms with E-state index < -0.39 is 18.5 Å². The van der Waals surface area contributed by atoms with Gasteiger partial charge in [0, 0.05) is 10.7 Å². The van der Waals surface area contributed by atoms with Gasteiger partial charge in [-0.05, 0) is 67.6 Å². The molecule has 1 saturated heterocycles. The molecule has 1 aliphatic heterocycles. The van der Waals surface area contributed by atoms with Gasteiger partial charge >= 0.3 is 5.97 Å². The number of amides is 3. The van der Waals surface area contributed by atoms with Gasteiger partial charge < -0.3 is 10.1 Å². The molecule has 7 nitrogen and oxygen atoms in total. The third-order valence-electron chi connectivity index (χ3n) is 5.99. The van der Waals surface area contributed by atoms with Crippen molar-refractivity contribution in [2.75, 3.05) is 16.8 Å². The molecule has 0 unspecified atom stereocenters. The van der Waals surface area contributed by atoms with Gasteiger partial charge in [-0.25, -0.2) is 4.79 Å². The van der Waals surface area contributed by atoms with Gasteiger partial charge in [-0.15, -0.1) is 0 Å². The first kappa shape index (κ1) is 22.0. The lowest BCUT2D eigenvalue weighted by Gasteiger charge is -2.25. The first-order valence-corrected chi connectivity index (χ1v) is 10.9. The highest BCUT2D eigenvalue weighted by Gasteiger charge is 2.49. The molecule has 1 aliphatic carbocycles. The van der Waals surface area contributed by atoms with Crippen molar-refractivity contribution < 1.29 is 23.9 Å². The predicted molar refractivity (Wildman–Crippen MR) is 119 cm³/mol. The summed E-state index contributed by atoms with van der Waals surface area (Å²) in [5.41, 5.74) is 1.16. The highest BCUT2D eigenvalue weighted by atomic mass is 35.5. The fraction of sp³-hybridized carbons (Fsp3) is 0.333. The molecule has 32 heavy (non-hydrogen) atoms. The molecule has 4 rings (SSSR count). The van der Waals surface area contributed by atoms with E-state index in [-0.39, 0.29) is 29.2 Å². The summed E-state index contributed by atoms with van der Waals surface area (Å²) in [5, 5.41) is 3.07. The van der Waals surface area contributed by atoms with Crippen LogP contribution in [0.4, 0.5) is 11.4 Å². The van der Waals surface area contributed by atoms with Crippen molar-refractivity contribution >= 4 is 46.7 Å². The van der Waals surface area contributed by atoms with E-state index in [0.717, 1.165) is 19.3 Å². The van der Waals surface area contributed by atoms with Gasteiger partial charge in [-0.1, -0.05) is 24.6 Å². The molecule has 166 valence electrons. The second-order valence-corrected chi connectivity index (χ2v) is 8.76. The highest BCUT2D eigenvalue weighted by Crippen LogP contribution is 2.42. The van der Waals surface area contributed by atoms with E-state index in [9.17, 15) is 19.2 Å². The molecule has 3 amide bonds. The third kappa shape index (κ3) is 4.53. The molecule has 0 bridgehead atoms. The minimum absolute atomic E-state index is 0.167. The molecule has 0 radical (unpaired) electrons.